The first-order valence-electron chi connectivity index (χ1n) is 7.32. The molecule has 1 saturated carbocycles. The van der Waals surface area contributed by atoms with Gasteiger partial charge in [0.15, 0.2) is 5.84 Å². The van der Waals surface area contributed by atoms with Crippen molar-refractivity contribution in [2.75, 3.05) is 12.3 Å². The van der Waals surface area contributed by atoms with Crippen molar-refractivity contribution in [1.29, 1.82) is 0 Å². The minimum atomic E-state index is 0.0156. The van der Waals surface area contributed by atoms with E-state index in [1.165, 1.54) is 12.8 Å². The topological polar surface area (TPSA) is 77.2 Å². The molecule has 0 bridgehead atoms. The Kier molecular flexibility index (Phi) is 3.77. The molecular formula is C14H16N6OS. The standard InChI is InChI=1S/C14H16N6OS/c1-2-4-10(5-3-1)13-15-8-12(21-17-13)9-22-14-16-18-19-20(14)11-6-7-11/h1-5,11-12H,6-9H2,(H,15,17)/t12-/m1/s1. The van der Waals surface area contributed by atoms with Gasteiger partial charge in [-0.2, -0.15) is 0 Å². The number of hydrogen-bond donors (Lipinski definition) is 1. The molecule has 2 aromatic rings. The van der Waals surface area contributed by atoms with Crippen LogP contribution >= 0.6 is 11.8 Å². The van der Waals surface area contributed by atoms with Crippen LogP contribution in [0.3, 0.4) is 0 Å². The maximum absolute atomic E-state index is 5.68. The fourth-order valence-electron chi connectivity index (χ4n) is 2.23. The van der Waals surface area contributed by atoms with Crippen molar-refractivity contribution in [2.45, 2.75) is 30.1 Å². The van der Waals surface area contributed by atoms with Crippen LogP contribution in [-0.2, 0) is 4.84 Å². The third-order valence-corrected chi connectivity index (χ3v) is 4.64. The zero-order chi connectivity index (χ0) is 14.8. The van der Waals surface area contributed by atoms with Crippen LogP contribution in [0.5, 0.6) is 0 Å². The smallest absolute Gasteiger partial charge is 0.209 e. The summed E-state index contributed by atoms with van der Waals surface area (Å²) >= 11 is 1.62. The first kappa shape index (κ1) is 13.7. The summed E-state index contributed by atoms with van der Waals surface area (Å²) in [5.41, 5.74) is 3.98. The van der Waals surface area contributed by atoms with Crippen molar-refractivity contribution in [2.24, 2.45) is 4.99 Å². The van der Waals surface area contributed by atoms with Crippen molar-refractivity contribution in [3.05, 3.63) is 35.9 Å². The molecule has 1 fully saturated rings. The van der Waals surface area contributed by atoms with Crippen molar-refractivity contribution in [3.63, 3.8) is 0 Å². The van der Waals surface area contributed by atoms with Gasteiger partial charge in [0.1, 0.15) is 6.10 Å². The van der Waals surface area contributed by atoms with E-state index in [1.807, 2.05) is 35.0 Å². The van der Waals surface area contributed by atoms with E-state index in [9.17, 15) is 0 Å². The van der Waals surface area contributed by atoms with Gasteiger partial charge in [-0.15, -0.1) is 5.10 Å². The van der Waals surface area contributed by atoms with E-state index in [0.717, 1.165) is 22.3 Å². The van der Waals surface area contributed by atoms with Gasteiger partial charge >= 0.3 is 0 Å². The molecule has 114 valence electrons. The highest BCUT2D eigenvalue weighted by atomic mass is 32.2. The summed E-state index contributed by atoms with van der Waals surface area (Å²) in [6, 6.07) is 10.5. The second-order valence-corrected chi connectivity index (χ2v) is 6.33. The Labute approximate surface area is 132 Å². The Morgan fingerprint density at radius 2 is 2.14 bits per heavy atom. The summed E-state index contributed by atoms with van der Waals surface area (Å²) in [5, 5.41) is 12.7. The zero-order valence-electron chi connectivity index (χ0n) is 11.9. The van der Waals surface area contributed by atoms with Crippen LogP contribution in [0.25, 0.3) is 0 Å². The number of amidine groups is 1. The van der Waals surface area contributed by atoms with Crippen LogP contribution < -0.4 is 5.48 Å². The lowest BCUT2D eigenvalue weighted by Crippen LogP contribution is -2.38. The summed E-state index contributed by atoms with van der Waals surface area (Å²) in [4.78, 5) is 10.2. The predicted molar refractivity (Wildman–Crippen MR) is 82.7 cm³/mol. The summed E-state index contributed by atoms with van der Waals surface area (Å²) < 4.78 is 1.92. The molecule has 0 amide bonds. The molecule has 4 rings (SSSR count). The molecule has 1 aromatic heterocycles. The van der Waals surface area contributed by atoms with Gasteiger partial charge in [-0.05, 0) is 23.3 Å². The van der Waals surface area contributed by atoms with Crippen molar-refractivity contribution in [1.82, 2.24) is 25.7 Å². The van der Waals surface area contributed by atoms with Crippen LogP contribution in [0.4, 0.5) is 0 Å². The summed E-state index contributed by atoms with van der Waals surface area (Å²) in [6.45, 7) is 0.634. The molecule has 0 spiro atoms. The molecule has 1 atom stereocenters. The molecule has 2 aliphatic rings. The van der Waals surface area contributed by atoms with Gasteiger partial charge in [-0.1, -0.05) is 42.1 Å². The Morgan fingerprint density at radius 3 is 2.86 bits per heavy atom. The molecule has 22 heavy (non-hydrogen) atoms. The Hall–Kier alpha value is -1.93. The van der Waals surface area contributed by atoms with E-state index in [-0.39, 0.29) is 6.10 Å². The fourth-order valence-corrected chi connectivity index (χ4v) is 3.15. The SMILES string of the molecule is c1ccc(C2=NC[C@H](CSc3nnnn3C3CC3)ON2)cc1. The number of nitrogens with zero attached hydrogens (tertiary/aromatic N) is 5. The first-order chi connectivity index (χ1) is 10.9. The van der Waals surface area contributed by atoms with E-state index in [1.54, 1.807) is 11.8 Å². The summed E-state index contributed by atoms with van der Waals surface area (Å²) in [6.07, 6.45) is 2.36. The maximum Gasteiger partial charge on any atom is 0.209 e. The largest absolute Gasteiger partial charge is 0.269 e. The van der Waals surface area contributed by atoms with E-state index in [2.05, 4.69) is 26.0 Å². The molecule has 1 aliphatic carbocycles. The van der Waals surface area contributed by atoms with Gasteiger partial charge in [0.2, 0.25) is 5.16 Å². The second-order valence-electron chi connectivity index (χ2n) is 5.35. The lowest BCUT2D eigenvalue weighted by molar-refractivity contribution is 0.0212. The van der Waals surface area contributed by atoms with Crippen molar-refractivity contribution < 1.29 is 4.84 Å². The van der Waals surface area contributed by atoms with Crippen molar-refractivity contribution >= 4 is 17.6 Å². The third-order valence-electron chi connectivity index (χ3n) is 3.58. The van der Waals surface area contributed by atoms with E-state index >= 15 is 0 Å². The van der Waals surface area contributed by atoms with Crippen LogP contribution in [0.1, 0.15) is 24.4 Å². The third kappa shape index (κ3) is 2.97. The molecule has 0 radical (unpaired) electrons. The van der Waals surface area contributed by atoms with Crippen LogP contribution in [0.2, 0.25) is 0 Å². The summed E-state index contributed by atoms with van der Waals surface area (Å²) in [5.74, 6) is 1.55. The Balaban J connectivity index is 1.34. The number of hydrogen-bond acceptors (Lipinski definition) is 7. The number of benzene rings is 1. The monoisotopic (exact) mass is 316 g/mol. The minimum absolute atomic E-state index is 0.0156. The lowest BCUT2D eigenvalue weighted by Gasteiger charge is -2.22. The molecule has 7 nitrogen and oxygen atoms in total. The number of aliphatic imine (C=N–C) groups is 1. The van der Waals surface area contributed by atoms with Gasteiger partial charge in [0, 0.05) is 11.3 Å². The molecule has 1 aliphatic heterocycles. The highest BCUT2D eigenvalue weighted by Crippen LogP contribution is 2.36. The average molecular weight is 316 g/mol. The van der Waals surface area contributed by atoms with Crippen LogP contribution in [0.15, 0.2) is 40.5 Å². The van der Waals surface area contributed by atoms with Gasteiger partial charge in [0.05, 0.1) is 12.6 Å². The number of hydroxylamine groups is 1. The number of aromatic nitrogens is 4. The molecule has 8 heteroatoms. The molecule has 0 saturated heterocycles. The second kappa shape index (κ2) is 6.05. The Morgan fingerprint density at radius 1 is 1.27 bits per heavy atom. The number of thioether (sulfide) groups is 1. The first-order valence-corrected chi connectivity index (χ1v) is 8.31. The average Bonchev–Trinajstić information content (AvgIpc) is 3.32. The van der Waals surface area contributed by atoms with E-state index < -0.39 is 0 Å². The maximum atomic E-state index is 5.68. The zero-order valence-corrected chi connectivity index (χ0v) is 12.7. The fraction of sp³-hybridized carbons (Fsp3) is 0.429. The van der Waals surface area contributed by atoms with E-state index in [0.29, 0.717) is 12.6 Å². The molecule has 1 aromatic carbocycles. The molecule has 2 heterocycles. The predicted octanol–water partition coefficient (Wildman–Crippen LogP) is 1.45. The molecule has 1 N–H and O–H groups in total. The van der Waals surface area contributed by atoms with Crippen molar-refractivity contribution in [3.8, 4) is 0 Å². The highest BCUT2D eigenvalue weighted by Gasteiger charge is 2.28. The normalized spacial score (nSPS) is 21.3. The quantitative estimate of drug-likeness (QED) is 0.841. The number of tetrazole rings is 1. The number of nitrogens with one attached hydrogen (secondary N) is 1. The highest BCUT2D eigenvalue weighted by molar-refractivity contribution is 7.99. The van der Waals surface area contributed by atoms with Gasteiger partial charge in [-0.3, -0.25) is 9.83 Å². The van der Waals surface area contributed by atoms with E-state index in [4.69, 9.17) is 4.84 Å². The minimum Gasteiger partial charge on any atom is -0.269 e. The van der Waals surface area contributed by atoms with Gasteiger partial charge in [-0.25, -0.2) is 10.2 Å². The molecular weight excluding hydrogens is 300 g/mol. The molecule has 0 unspecified atom stereocenters. The lowest BCUT2D eigenvalue weighted by atomic mass is 10.2. The van der Waals surface area contributed by atoms with Crippen LogP contribution in [0, 0.1) is 0 Å². The Bertz CT molecular complexity index is 669. The number of rotatable bonds is 5. The van der Waals surface area contributed by atoms with Crippen LogP contribution in [-0.4, -0.2) is 44.4 Å². The summed E-state index contributed by atoms with van der Waals surface area (Å²) in [7, 11) is 0. The van der Waals surface area contributed by atoms with Gasteiger partial charge < -0.3 is 0 Å². The van der Waals surface area contributed by atoms with Gasteiger partial charge in [0.25, 0.3) is 0 Å².